The molecule has 2 rings (SSSR count). The number of amides is 1. The van der Waals surface area contributed by atoms with Gasteiger partial charge in [-0.15, -0.1) is 0 Å². The summed E-state index contributed by atoms with van der Waals surface area (Å²) in [6.45, 7) is 2.97. The van der Waals surface area contributed by atoms with Gasteiger partial charge in [0.25, 0.3) is 0 Å². The van der Waals surface area contributed by atoms with E-state index in [1.807, 2.05) is 6.92 Å². The lowest BCUT2D eigenvalue weighted by molar-refractivity contribution is -0.128. The number of carbonyl (C=O) groups is 1. The second kappa shape index (κ2) is 5.02. The fraction of sp³-hybridized carbons (Fsp3) is 0.385. The standard InChI is InChI=1S/C13H15FN2OS/c1-8-4-12(17)16(6-8)7-10-5-9(13(15)18)2-3-11(10)14/h2-3,5,8H,4,6-7H2,1H3,(H2,15,18). The van der Waals surface area contributed by atoms with E-state index in [1.165, 1.54) is 6.07 Å². The number of likely N-dealkylation sites (tertiary alicyclic amines) is 1. The average molecular weight is 266 g/mol. The number of rotatable bonds is 3. The van der Waals surface area contributed by atoms with Crippen LogP contribution in [-0.4, -0.2) is 22.3 Å². The van der Waals surface area contributed by atoms with Crippen LogP contribution in [-0.2, 0) is 11.3 Å². The Morgan fingerprint density at radius 3 is 2.89 bits per heavy atom. The smallest absolute Gasteiger partial charge is 0.223 e. The zero-order valence-electron chi connectivity index (χ0n) is 10.1. The molecule has 0 radical (unpaired) electrons. The molecule has 0 aliphatic carbocycles. The van der Waals surface area contributed by atoms with Crippen LogP contribution in [0.5, 0.6) is 0 Å². The Morgan fingerprint density at radius 1 is 1.61 bits per heavy atom. The highest BCUT2D eigenvalue weighted by atomic mass is 32.1. The molecule has 1 aromatic rings. The van der Waals surface area contributed by atoms with Crippen molar-refractivity contribution in [3.8, 4) is 0 Å². The SMILES string of the molecule is CC1CC(=O)N(Cc2cc(C(N)=S)ccc2F)C1. The molecular formula is C13H15FN2OS. The van der Waals surface area contributed by atoms with Crippen LogP contribution in [0.2, 0.25) is 0 Å². The van der Waals surface area contributed by atoms with Crippen molar-refractivity contribution in [2.45, 2.75) is 19.9 Å². The van der Waals surface area contributed by atoms with E-state index in [4.69, 9.17) is 18.0 Å². The van der Waals surface area contributed by atoms with Crippen LogP contribution in [0.3, 0.4) is 0 Å². The highest BCUT2D eigenvalue weighted by molar-refractivity contribution is 7.80. The summed E-state index contributed by atoms with van der Waals surface area (Å²) in [5, 5.41) is 0. The lowest BCUT2D eigenvalue weighted by atomic mass is 10.1. The van der Waals surface area contributed by atoms with Crippen molar-refractivity contribution in [2.24, 2.45) is 11.7 Å². The van der Waals surface area contributed by atoms with Gasteiger partial charge in [-0.3, -0.25) is 4.79 Å². The maximum Gasteiger partial charge on any atom is 0.223 e. The van der Waals surface area contributed by atoms with Crippen molar-refractivity contribution in [1.29, 1.82) is 0 Å². The monoisotopic (exact) mass is 266 g/mol. The summed E-state index contributed by atoms with van der Waals surface area (Å²) in [6, 6.07) is 4.51. The molecular weight excluding hydrogens is 251 g/mol. The average Bonchev–Trinajstić information content (AvgIpc) is 2.60. The van der Waals surface area contributed by atoms with E-state index in [0.29, 0.717) is 30.0 Å². The van der Waals surface area contributed by atoms with E-state index in [-0.39, 0.29) is 23.3 Å². The molecule has 1 heterocycles. The minimum atomic E-state index is -0.331. The molecule has 1 atom stereocenters. The molecule has 0 spiro atoms. The number of hydrogen-bond acceptors (Lipinski definition) is 2. The molecule has 1 saturated heterocycles. The third-order valence-electron chi connectivity index (χ3n) is 3.10. The Labute approximate surface area is 111 Å². The van der Waals surface area contributed by atoms with Crippen molar-refractivity contribution >= 4 is 23.1 Å². The van der Waals surface area contributed by atoms with Crippen molar-refractivity contribution < 1.29 is 9.18 Å². The molecule has 1 amide bonds. The first-order valence-corrected chi connectivity index (χ1v) is 6.24. The van der Waals surface area contributed by atoms with Gasteiger partial charge in [0, 0.05) is 30.6 Å². The van der Waals surface area contributed by atoms with Gasteiger partial charge in [-0.2, -0.15) is 0 Å². The van der Waals surface area contributed by atoms with E-state index in [0.717, 1.165) is 0 Å². The molecule has 0 bridgehead atoms. The number of halogens is 1. The van der Waals surface area contributed by atoms with Gasteiger partial charge in [0.1, 0.15) is 10.8 Å². The van der Waals surface area contributed by atoms with Crippen molar-refractivity contribution in [1.82, 2.24) is 4.90 Å². The van der Waals surface area contributed by atoms with E-state index in [9.17, 15) is 9.18 Å². The fourth-order valence-electron chi connectivity index (χ4n) is 2.18. The zero-order valence-corrected chi connectivity index (χ0v) is 11.0. The molecule has 0 aromatic heterocycles. The molecule has 0 saturated carbocycles. The minimum absolute atomic E-state index is 0.0719. The summed E-state index contributed by atoms with van der Waals surface area (Å²) in [6.07, 6.45) is 0.538. The van der Waals surface area contributed by atoms with Crippen LogP contribution in [0.25, 0.3) is 0 Å². The highest BCUT2D eigenvalue weighted by Crippen LogP contribution is 2.21. The normalized spacial score (nSPS) is 19.3. The van der Waals surface area contributed by atoms with Crippen molar-refractivity contribution in [2.75, 3.05) is 6.54 Å². The van der Waals surface area contributed by atoms with Crippen LogP contribution in [0.4, 0.5) is 4.39 Å². The lowest BCUT2D eigenvalue weighted by Crippen LogP contribution is -2.25. The summed E-state index contributed by atoms with van der Waals surface area (Å²) in [7, 11) is 0. The molecule has 5 heteroatoms. The first kappa shape index (κ1) is 13.0. The van der Waals surface area contributed by atoms with Crippen molar-refractivity contribution in [3.63, 3.8) is 0 Å². The van der Waals surface area contributed by atoms with Gasteiger partial charge in [-0.05, 0) is 24.1 Å². The van der Waals surface area contributed by atoms with E-state index >= 15 is 0 Å². The van der Waals surface area contributed by atoms with Crippen LogP contribution in [0, 0.1) is 11.7 Å². The fourth-order valence-corrected chi connectivity index (χ4v) is 2.30. The largest absolute Gasteiger partial charge is 0.389 e. The maximum absolute atomic E-state index is 13.7. The molecule has 2 N–H and O–H groups in total. The van der Waals surface area contributed by atoms with Gasteiger partial charge in [-0.1, -0.05) is 19.1 Å². The summed E-state index contributed by atoms with van der Waals surface area (Å²) in [4.78, 5) is 13.6. The molecule has 18 heavy (non-hydrogen) atoms. The maximum atomic E-state index is 13.7. The number of hydrogen-bond donors (Lipinski definition) is 1. The van der Waals surface area contributed by atoms with Gasteiger partial charge in [-0.25, -0.2) is 4.39 Å². The number of nitrogens with two attached hydrogens (primary N) is 1. The Hall–Kier alpha value is -1.49. The third-order valence-corrected chi connectivity index (χ3v) is 3.33. The Kier molecular flexibility index (Phi) is 3.61. The Morgan fingerprint density at radius 2 is 2.33 bits per heavy atom. The van der Waals surface area contributed by atoms with Crippen LogP contribution in [0.15, 0.2) is 18.2 Å². The second-order valence-corrected chi connectivity index (χ2v) is 5.19. The third kappa shape index (κ3) is 2.67. The topological polar surface area (TPSA) is 46.3 Å². The zero-order chi connectivity index (χ0) is 13.3. The van der Waals surface area contributed by atoms with Gasteiger partial charge >= 0.3 is 0 Å². The summed E-state index contributed by atoms with van der Waals surface area (Å²) in [5.41, 5.74) is 6.61. The van der Waals surface area contributed by atoms with Gasteiger partial charge in [0.2, 0.25) is 5.91 Å². The molecule has 3 nitrogen and oxygen atoms in total. The highest BCUT2D eigenvalue weighted by Gasteiger charge is 2.26. The van der Waals surface area contributed by atoms with Crippen LogP contribution in [0.1, 0.15) is 24.5 Å². The number of benzene rings is 1. The van der Waals surface area contributed by atoms with Gasteiger partial charge in [0.15, 0.2) is 0 Å². The predicted molar refractivity (Wildman–Crippen MR) is 71.5 cm³/mol. The number of thiocarbonyl (C=S) groups is 1. The molecule has 1 aromatic carbocycles. The van der Waals surface area contributed by atoms with Gasteiger partial charge in [0.05, 0.1) is 0 Å². The second-order valence-electron chi connectivity index (χ2n) is 4.75. The van der Waals surface area contributed by atoms with E-state index in [2.05, 4.69) is 0 Å². The quantitative estimate of drug-likeness (QED) is 0.849. The summed E-state index contributed by atoms with van der Waals surface area (Å²) >= 11 is 4.86. The first-order chi connectivity index (χ1) is 8.47. The Bertz CT molecular complexity index is 504. The summed E-state index contributed by atoms with van der Waals surface area (Å²) in [5.74, 6) is 0.0734. The van der Waals surface area contributed by atoms with Crippen LogP contribution >= 0.6 is 12.2 Å². The van der Waals surface area contributed by atoms with Gasteiger partial charge < -0.3 is 10.6 Å². The molecule has 96 valence electrons. The lowest BCUT2D eigenvalue weighted by Gasteiger charge is -2.17. The van der Waals surface area contributed by atoms with E-state index < -0.39 is 0 Å². The molecule has 1 aliphatic heterocycles. The van der Waals surface area contributed by atoms with E-state index in [1.54, 1.807) is 17.0 Å². The molecule has 1 aliphatic rings. The van der Waals surface area contributed by atoms with Crippen LogP contribution < -0.4 is 5.73 Å². The first-order valence-electron chi connectivity index (χ1n) is 5.83. The number of carbonyl (C=O) groups excluding carboxylic acids is 1. The molecule has 1 fully saturated rings. The number of nitrogens with zero attached hydrogens (tertiary/aromatic N) is 1. The molecule has 1 unspecified atom stereocenters. The predicted octanol–water partition coefficient (Wildman–Crippen LogP) is 1.83. The summed E-state index contributed by atoms with van der Waals surface area (Å²) < 4.78 is 13.7. The van der Waals surface area contributed by atoms with Crippen molar-refractivity contribution in [3.05, 3.63) is 35.1 Å². The minimum Gasteiger partial charge on any atom is -0.389 e. The Balaban J connectivity index is 2.20.